The molecule has 21 heavy (non-hydrogen) atoms. The molecule has 2 aliphatic heterocycles. The minimum absolute atomic E-state index is 0.226. The Hall–Kier alpha value is -1.30. The SMILES string of the molecule is CC1CCN(C(=O)NCCCN2CCCC2)C(C(=O)O)C1. The Morgan fingerprint density at radius 3 is 2.62 bits per heavy atom. The zero-order valence-electron chi connectivity index (χ0n) is 12.9. The fourth-order valence-corrected chi connectivity index (χ4v) is 3.22. The number of nitrogens with one attached hydrogen (secondary N) is 1. The van der Waals surface area contributed by atoms with Crippen LogP contribution in [0, 0.1) is 5.92 Å². The maximum absolute atomic E-state index is 12.2. The third-order valence-corrected chi connectivity index (χ3v) is 4.54. The van der Waals surface area contributed by atoms with E-state index in [1.165, 1.54) is 30.8 Å². The number of hydrogen-bond acceptors (Lipinski definition) is 3. The van der Waals surface area contributed by atoms with Crippen LogP contribution in [0.2, 0.25) is 0 Å². The Morgan fingerprint density at radius 2 is 1.95 bits per heavy atom. The van der Waals surface area contributed by atoms with Crippen LogP contribution in [-0.2, 0) is 4.79 Å². The second-order valence-electron chi connectivity index (χ2n) is 6.31. The van der Waals surface area contributed by atoms with Crippen molar-refractivity contribution in [3.63, 3.8) is 0 Å². The van der Waals surface area contributed by atoms with Gasteiger partial charge in [-0.05, 0) is 57.7 Å². The number of carboxylic acid groups (broad SMARTS) is 1. The molecule has 2 amide bonds. The van der Waals surface area contributed by atoms with Crippen molar-refractivity contribution in [3.8, 4) is 0 Å². The molecule has 6 heteroatoms. The van der Waals surface area contributed by atoms with Crippen molar-refractivity contribution in [3.05, 3.63) is 0 Å². The Bertz CT molecular complexity index is 369. The summed E-state index contributed by atoms with van der Waals surface area (Å²) >= 11 is 0. The number of aliphatic carboxylic acids is 1. The minimum atomic E-state index is -0.895. The van der Waals surface area contributed by atoms with E-state index in [0.717, 1.165) is 19.4 Å². The van der Waals surface area contributed by atoms with Gasteiger partial charge >= 0.3 is 12.0 Å². The molecule has 0 aromatic rings. The number of urea groups is 1. The molecule has 120 valence electrons. The number of hydrogen-bond donors (Lipinski definition) is 2. The molecule has 2 fully saturated rings. The second kappa shape index (κ2) is 7.64. The third-order valence-electron chi connectivity index (χ3n) is 4.54. The zero-order valence-corrected chi connectivity index (χ0v) is 12.9. The van der Waals surface area contributed by atoms with Crippen molar-refractivity contribution in [2.24, 2.45) is 5.92 Å². The van der Waals surface area contributed by atoms with Crippen molar-refractivity contribution >= 4 is 12.0 Å². The van der Waals surface area contributed by atoms with E-state index in [1.807, 2.05) is 6.92 Å². The molecule has 0 aromatic carbocycles. The van der Waals surface area contributed by atoms with Gasteiger partial charge in [0.1, 0.15) is 6.04 Å². The molecule has 0 bridgehead atoms. The molecule has 2 rings (SSSR count). The first-order chi connectivity index (χ1) is 10.1. The highest BCUT2D eigenvalue weighted by molar-refractivity contribution is 5.82. The molecule has 0 spiro atoms. The molecular formula is C15H27N3O3. The van der Waals surface area contributed by atoms with Crippen LogP contribution < -0.4 is 5.32 Å². The summed E-state index contributed by atoms with van der Waals surface area (Å²) in [6.45, 7) is 6.54. The van der Waals surface area contributed by atoms with E-state index in [1.54, 1.807) is 0 Å². The van der Waals surface area contributed by atoms with Crippen molar-refractivity contribution in [2.75, 3.05) is 32.7 Å². The summed E-state index contributed by atoms with van der Waals surface area (Å²) in [6.07, 6.45) is 4.91. The maximum atomic E-state index is 12.2. The molecule has 6 nitrogen and oxygen atoms in total. The van der Waals surface area contributed by atoms with Gasteiger partial charge in [0.05, 0.1) is 0 Å². The second-order valence-corrected chi connectivity index (χ2v) is 6.31. The van der Waals surface area contributed by atoms with Gasteiger partial charge in [-0.3, -0.25) is 0 Å². The van der Waals surface area contributed by atoms with E-state index >= 15 is 0 Å². The van der Waals surface area contributed by atoms with Gasteiger partial charge in [-0.25, -0.2) is 9.59 Å². The Labute approximate surface area is 126 Å². The molecule has 2 saturated heterocycles. The van der Waals surface area contributed by atoms with Gasteiger partial charge in [0.25, 0.3) is 0 Å². The van der Waals surface area contributed by atoms with E-state index in [0.29, 0.717) is 25.4 Å². The van der Waals surface area contributed by atoms with E-state index in [2.05, 4.69) is 10.2 Å². The maximum Gasteiger partial charge on any atom is 0.326 e. The highest BCUT2D eigenvalue weighted by Gasteiger charge is 2.34. The highest BCUT2D eigenvalue weighted by atomic mass is 16.4. The number of rotatable bonds is 5. The number of piperidine rings is 1. The summed E-state index contributed by atoms with van der Waals surface area (Å²) < 4.78 is 0. The zero-order chi connectivity index (χ0) is 15.2. The molecule has 0 saturated carbocycles. The summed E-state index contributed by atoms with van der Waals surface area (Å²) in [5.41, 5.74) is 0. The molecule has 0 aliphatic carbocycles. The van der Waals surface area contributed by atoms with E-state index in [4.69, 9.17) is 0 Å². The van der Waals surface area contributed by atoms with Crippen LogP contribution in [-0.4, -0.2) is 65.7 Å². The normalized spacial score (nSPS) is 26.8. The van der Waals surface area contributed by atoms with Crippen molar-refractivity contribution < 1.29 is 14.7 Å². The van der Waals surface area contributed by atoms with Crippen LogP contribution in [0.4, 0.5) is 4.79 Å². The van der Waals surface area contributed by atoms with Crippen LogP contribution in [0.1, 0.15) is 39.0 Å². The predicted molar refractivity (Wildman–Crippen MR) is 80.2 cm³/mol. The molecule has 0 radical (unpaired) electrons. The number of carbonyl (C=O) groups excluding carboxylic acids is 1. The van der Waals surface area contributed by atoms with Gasteiger partial charge in [-0.1, -0.05) is 6.92 Å². The van der Waals surface area contributed by atoms with Gasteiger partial charge in [0, 0.05) is 13.1 Å². The van der Waals surface area contributed by atoms with Gasteiger partial charge in [-0.15, -0.1) is 0 Å². The van der Waals surface area contributed by atoms with Gasteiger partial charge < -0.3 is 20.2 Å². The predicted octanol–water partition coefficient (Wildman–Crippen LogP) is 1.37. The number of amides is 2. The average Bonchev–Trinajstić information content (AvgIpc) is 2.96. The standard InChI is InChI=1S/C15H27N3O3/c1-12-5-10-18(13(11-12)14(19)20)15(21)16-6-4-9-17-7-2-3-8-17/h12-13H,2-11H2,1H3,(H,16,21)(H,19,20). The smallest absolute Gasteiger partial charge is 0.326 e. The molecule has 0 aromatic heterocycles. The molecule has 2 heterocycles. The van der Waals surface area contributed by atoms with Crippen LogP contribution in [0.3, 0.4) is 0 Å². The van der Waals surface area contributed by atoms with Crippen molar-refractivity contribution in [1.29, 1.82) is 0 Å². The fraction of sp³-hybridized carbons (Fsp3) is 0.867. The lowest BCUT2D eigenvalue weighted by atomic mass is 9.93. The van der Waals surface area contributed by atoms with Crippen LogP contribution in [0.15, 0.2) is 0 Å². The lowest BCUT2D eigenvalue weighted by molar-refractivity contribution is -0.143. The Balaban J connectivity index is 1.71. The van der Waals surface area contributed by atoms with Gasteiger partial charge in [0.2, 0.25) is 0 Å². The summed E-state index contributed by atoms with van der Waals surface area (Å²) in [5.74, 6) is -0.529. The monoisotopic (exact) mass is 297 g/mol. The minimum Gasteiger partial charge on any atom is -0.480 e. The highest BCUT2D eigenvalue weighted by Crippen LogP contribution is 2.22. The van der Waals surface area contributed by atoms with Crippen LogP contribution >= 0.6 is 0 Å². The first-order valence-corrected chi connectivity index (χ1v) is 8.07. The fourth-order valence-electron chi connectivity index (χ4n) is 3.22. The largest absolute Gasteiger partial charge is 0.480 e. The summed E-state index contributed by atoms with van der Waals surface area (Å²) in [7, 11) is 0. The van der Waals surface area contributed by atoms with Crippen LogP contribution in [0.5, 0.6) is 0 Å². The topological polar surface area (TPSA) is 72.9 Å². The molecule has 2 atom stereocenters. The molecule has 2 unspecified atom stereocenters. The first-order valence-electron chi connectivity index (χ1n) is 8.07. The number of nitrogens with zero attached hydrogens (tertiary/aromatic N) is 2. The van der Waals surface area contributed by atoms with Crippen LogP contribution in [0.25, 0.3) is 0 Å². The Kier molecular flexibility index (Phi) is 5.85. The summed E-state index contributed by atoms with van der Waals surface area (Å²) in [6, 6.07) is -0.900. The lowest BCUT2D eigenvalue weighted by Gasteiger charge is -2.35. The molecular weight excluding hydrogens is 270 g/mol. The van der Waals surface area contributed by atoms with E-state index in [9.17, 15) is 14.7 Å². The molecule has 2 N–H and O–H groups in total. The van der Waals surface area contributed by atoms with Crippen molar-refractivity contribution in [1.82, 2.24) is 15.1 Å². The van der Waals surface area contributed by atoms with Gasteiger partial charge in [-0.2, -0.15) is 0 Å². The van der Waals surface area contributed by atoms with E-state index in [-0.39, 0.29) is 6.03 Å². The third kappa shape index (κ3) is 4.59. The first kappa shape index (κ1) is 16.1. The summed E-state index contributed by atoms with van der Waals surface area (Å²) in [5, 5.41) is 12.1. The number of carboxylic acids is 1. The Morgan fingerprint density at radius 1 is 1.24 bits per heavy atom. The molecule has 2 aliphatic rings. The lowest BCUT2D eigenvalue weighted by Crippen LogP contribution is -2.53. The average molecular weight is 297 g/mol. The van der Waals surface area contributed by atoms with Gasteiger partial charge in [0.15, 0.2) is 0 Å². The van der Waals surface area contributed by atoms with Crippen molar-refractivity contribution in [2.45, 2.75) is 45.1 Å². The quantitative estimate of drug-likeness (QED) is 0.752. The number of likely N-dealkylation sites (tertiary alicyclic amines) is 2. The number of carbonyl (C=O) groups is 2. The summed E-state index contributed by atoms with van der Waals surface area (Å²) in [4.78, 5) is 27.3. The van der Waals surface area contributed by atoms with E-state index < -0.39 is 12.0 Å².